The number of carbonyl (C=O) groups is 1. The summed E-state index contributed by atoms with van der Waals surface area (Å²) in [4.78, 5) is 13.5. The SMILES string of the molecule is CCC1(CC)CC(NC(=O)C2CCN(S(=O)(=O)c3ccc(C)cc3)CC2)c2ccccc2O1. The van der Waals surface area contributed by atoms with Crippen LogP contribution in [0.25, 0.3) is 0 Å². The van der Waals surface area contributed by atoms with Gasteiger partial charge >= 0.3 is 0 Å². The van der Waals surface area contributed by atoms with Gasteiger partial charge in [-0.1, -0.05) is 49.7 Å². The number of para-hydroxylation sites is 1. The van der Waals surface area contributed by atoms with Crippen LogP contribution in [0, 0.1) is 12.8 Å². The Labute approximate surface area is 197 Å². The quantitative estimate of drug-likeness (QED) is 0.670. The van der Waals surface area contributed by atoms with Gasteiger partial charge in [0.05, 0.1) is 10.9 Å². The van der Waals surface area contributed by atoms with E-state index in [2.05, 4.69) is 19.2 Å². The fourth-order valence-corrected chi connectivity index (χ4v) is 6.41. The Morgan fingerprint density at radius 2 is 1.70 bits per heavy atom. The molecule has 0 aliphatic carbocycles. The molecule has 7 heteroatoms. The normalized spacial score (nSPS) is 21.1. The molecule has 2 aliphatic heterocycles. The van der Waals surface area contributed by atoms with Gasteiger partial charge in [0.2, 0.25) is 15.9 Å². The molecule has 2 aromatic carbocycles. The van der Waals surface area contributed by atoms with Crippen LogP contribution in [0.2, 0.25) is 0 Å². The van der Waals surface area contributed by atoms with Crippen molar-refractivity contribution in [2.45, 2.75) is 69.4 Å². The van der Waals surface area contributed by atoms with Crippen LogP contribution in [-0.4, -0.2) is 37.3 Å². The van der Waals surface area contributed by atoms with E-state index in [9.17, 15) is 13.2 Å². The number of ether oxygens (including phenoxy) is 1. The molecule has 33 heavy (non-hydrogen) atoms. The molecule has 4 rings (SSSR count). The Morgan fingerprint density at radius 3 is 2.33 bits per heavy atom. The van der Waals surface area contributed by atoms with Gasteiger partial charge in [0, 0.05) is 31.0 Å². The summed E-state index contributed by atoms with van der Waals surface area (Å²) in [6.07, 6.45) is 3.53. The van der Waals surface area contributed by atoms with Crippen LogP contribution in [0.4, 0.5) is 0 Å². The lowest BCUT2D eigenvalue weighted by molar-refractivity contribution is -0.127. The second-order valence-electron chi connectivity index (χ2n) is 9.29. The number of hydrogen-bond acceptors (Lipinski definition) is 4. The molecule has 6 nitrogen and oxygen atoms in total. The number of hydrogen-bond donors (Lipinski definition) is 1. The second kappa shape index (κ2) is 9.47. The van der Waals surface area contributed by atoms with E-state index in [1.54, 1.807) is 12.1 Å². The van der Waals surface area contributed by atoms with Crippen molar-refractivity contribution in [3.05, 3.63) is 59.7 Å². The Kier molecular flexibility index (Phi) is 6.82. The number of aryl methyl sites for hydroxylation is 1. The van der Waals surface area contributed by atoms with Gasteiger partial charge in [-0.15, -0.1) is 0 Å². The minimum Gasteiger partial charge on any atom is -0.487 e. The molecule has 1 N–H and O–H groups in total. The molecule has 0 radical (unpaired) electrons. The first-order chi connectivity index (χ1) is 15.8. The summed E-state index contributed by atoms with van der Waals surface area (Å²) in [6.45, 7) is 6.89. The first-order valence-electron chi connectivity index (χ1n) is 11.9. The number of sulfonamides is 1. The van der Waals surface area contributed by atoms with E-state index in [0.29, 0.717) is 30.8 Å². The number of amides is 1. The molecule has 0 bridgehead atoms. The summed E-state index contributed by atoms with van der Waals surface area (Å²) >= 11 is 0. The zero-order chi connectivity index (χ0) is 23.6. The lowest BCUT2D eigenvalue weighted by Gasteiger charge is -2.42. The van der Waals surface area contributed by atoms with Crippen molar-refractivity contribution in [2.24, 2.45) is 5.92 Å². The molecule has 0 aromatic heterocycles. The molecule has 2 aromatic rings. The average molecular weight is 471 g/mol. The minimum atomic E-state index is -3.53. The van der Waals surface area contributed by atoms with Gasteiger partial charge in [-0.3, -0.25) is 4.79 Å². The van der Waals surface area contributed by atoms with Crippen molar-refractivity contribution in [1.82, 2.24) is 9.62 Å². The monoisotopic (exact) mass is 470 g/mol. The number of nitrogens with one attached hydrogen (secondary N) is 1. The van der Waals surface area contributed by atoms with Crippen LogP contribution in [0.1, 0.15) is 63.1 Å². The summed E-state index contributed by atoms with van der Waals surface area (Å²) < 4.78 is 33.8. The summed E-state index contributed by atoms with van der Waals surface area (Å²) in [6, 6.07) is 14.8. The second-order valence-corrected chi connectivity index (χ2v) is 11.2. The molecule has 2 aliphatic rings. The molecule has 1 atom stereocenters. The predicted molar refractivity (Wildman–Crippen MR) is 129 cm³/mol. The Morgan fingerprint density at radius 1 is 1.06 bits per heavy atom. The molecular formula is C26H34N2O4S. The van der Waals surface area contributed by atoms with E-state index in [1.807, 2.05) is 43.3 Å². The highest BCUT2D eigenvalue weighted by Crippen LogP contribution is 2.42. The van der Waals surface area contributed by atoms with Gasteiger partial charge in [-0.05, 0) is 50.8 Å². The van der Waals surface area contributed by atoms with Gasteiger partial charge in [-0.2, -0.15) is 4.31 Å². The van der Waals surface area contributed by atoms with Crippen molar-refractivity contribution in [1.29, 1.82) is 0 Å². The van der Waals surface area contributed by atoms with Crippen molar-refractivity contribution in [3.63, 3.8) is 0 Å². The smallest absolute Gasteiger partial charge is 0.243 e. The van der Waals surface area contributed by atoms with Crippen molar-refractivity contribution < 1.29 is 17.9 Å². The van der Waals surface area contributed by atoms with Gasteiger partial charge in [0.15, 0.2) is 0 Å². The van der Waals surface area contributed by atoms with E-state index in [-0.39, 0.29) is 23.5 Å². The van der Waals surface area contributed by atoms with Crippen LogP contribution >= 0.6 is 0 Å². The number of fused-ring (bicyclic) bond motifs is 1. The topological polar surface area (TPSA) is 75.7 Å². The molecule has 0 spiro atoms. The molecule has 1 amide bonds. The van der Waals surface area contributed by atoms with Gasteiger partial charge in [0.25, 0.3) is 0 Å². The van der Waals surface area contributed by atoms with Gasteiger partial charge in [-0.25, -0.2) is 8.42 Å². The number of benzene rings is 2. The first-order valence-corrected chi connectivity index (χ1v) is 13.4. The lowest BCUT2D eigenvalue weighted by Crippen LogP contribution is -2.47. The first kappa shape index (κ1) is 23.8. The Balaban J connectivity index is 1.42. The van der Waals surface area contributed by atoms with Gasteiger partial charge in [0.1, 0.15) is 11.4 Å². The minimum absolute atomic E-state index is 0.00481. The summed E-state index contributed by atoms with van der Waals surface area (Å²) in [7, 11) is -3.53. The fourth-order valence-electron chi connectivity index (χ4n) is 4.94. The van der Waals surface area contributed by atoms with E-state index < -0.39 is 10.0 Å². The molecule has 1 unspecified atom stereocenters. The van der Waals surface area contributed by atoms with Crippen LogP contribution < -0.4 is 10.1 Å². The number of carbonyl (C=O) groups excluding carboxylic acids is 1. The van der Waals surface area contributed by atoms with E-state index in [4.69, 9.17) is 4.74 Å². The third-order valence-corrected chi connectivity index (χ3v) is 9.20. The molecular weight excluding hydrogens is 436 g/mol. The summed E-state index contributed by atoms with van der Waals surface area (Å²) in [5, 5.41) is 3.27. The Bertz CT molecular complexity index is 1090. The molecule has 1 fully saturated rings. The molecule has 178 valence electrons. The zero-order valence-corrected chi connectivity index (χ0v) is 20.5. The summed E-state index contributed by atoms with van der Waals surface area (Å²) in [5.41, 5.74) is 1.76. The van der Waals surface area contributed by atoms with Gasteiger partial charge < -0.3 is 10.1 Å². The average Bonchev–Trinajstić information content (AvgIpc) is 2.84. The van der Waals surface area contributed by atoms with Crippen LogP contribution in [0.3, 0.4) is 0 Å². The highest BCUT2D eigenvalue weighted by Gasteiger charge is 2.40. The lowest BCUT2D eigenvalue weighted by atomic mass is 9.83. The highest BCUT2D eigenvalue weighted by atomic mass is 32.2. The maximum atomic E-state index is 13.2. The molecule has 1 saturated heterocycles. The summed E-state index contributed by atoms with van der Waals surface area (Å²) in [5.74, 6) is 0.657. The van der Waals surface area contributed by atoms with E-state index >= 15 is 0 Å². The maximum absolute atomic E-state index is 13.2. The third kappa shape index (κ3) is 4.80. The molecule has 0 saturated carbocycles. The fraction of sp³-hybridized carbons (Fsp3) is 0.500. The maximum Gasteiger partial charge on any atom is 0.243 e. The molecule has 2 heterocycles. The van der Waals surface area contributed by atoms with E-state index in [1.165, 1.54) is 4.31 Å². The highest BCUT2D eigenvalue weighted by molar-refractivity contribution is 7.89. The number of rotatable bonds is 6. The third-order valence-electron chi connectivity index (χ3n) is 7.29. The van der Waals surface area contributed by atoms with Crippen molar-refractivity contribution in [2.75, 3.05) is 13.1 Å². The van der Waals surface area contributed by atoms with Crippen LogP contribution in [0.5, 0.6) is 5.75 Å². The van der Waals surface area contributed by atoms with Crippen molar-refractivity contribution in [3.8, 4) is 5.75 Å². The number of nitrogens with zero attached hydrogens (tertiary/aromatic N) is 1. The van der Waals surface area contributed by atoms with Crippen molar-refractivity contribution >= 4 is 15.9 Å². The standard InChI is InChI=1S/C26H34N2O4S/c1-4-26(5-2)18-23(22-8-6-7-9-24(22)32-26)27-25(29)20-14-16-28(17-15-20)33(30,31)21-12-10-19(3)11-13-21/h6-13,20,23H,4-5,14-18H2,1-3H3,(H,27,29). The van der Waals surface area contributed by atoms with E-state index in [0.717, 1.165) is 36.1 Å². The van der Waals surface area contributed by atoms with Crippen LogP contribution in [-0.2, 0) is 14.8 Å². The zero-order valence-electron chi connectivity index (χ0n) is 19.7. The Hall–Kier alpha value is -2.38. The van der Waals surface area contributed by atoms with Crippen LogP contribution in [0.15, 0.2) is 53.4 Å². The largest absolute Gasteiger partial charge is 0.487 e. The number of piperidine rings is 1. The predicted octanol–water partition coefficient (Wildman–Crippen LogP) is 4.59.